The minimum absolute atomic E-state index is 0.178. The predicted molar refractivity (Wildman–Crippen MR) is 94.7 cm³/mol. The minimum Gasteiger partial charge on any atom is -0.374 e. The molecule has 0 bridgehead atoms. The van der Waals surface area contributed by atoms with Crippen molar-refractivity contribution in [1.29, 1.82) is 0 Å². The lowest BCUT2D eigenvalue weighted by molar-refractivity contribution is -0.128. The first-order valence-corrected chi connectivity index (χ1v) is 9.57. The van der Waals surface area contributed by atoms with E-state index in [9.17, 15) is 4.79 Å². The second-order valence-corrected chi connectivity index (χ2v) is 7.85. The molecule has 1 aliphatic heterocycles. The second-order valence-electron chi connectivity index (χ2n) is 5.61. The van der Waals surface area contributed by atoms with Crippen molar-refractivity contribution in [1.82, 2.24) is 15.1 Å². The summed E-state index contributed by atoms with van der Waals surface area (Å²) >= 11 is 2.75. The van der Waals surface area contributed by atoms with Crippen molar-refractivity contribution in [3.8, 4) is 0 Å². The molecule has 0 saturated carbocycles. The lowest BCUT2D eigenvalue weighted by Crippen LogP contribution is -2.33. The van der Waals surface area contributed by atoms with E-state index in [4.69, 9.17) is 5.73 Å². The molecule has 1 atom stereocenters. The highest BCUT2D eigenvalue weighted by molar-refractivity contribution is 8.01. The lowest BCUT2D eigenvalue weighted by atomic mass is 9.92. The lowest BCUT2D eigenvalue weighted by Gasteiger charge is -2.20. The molecular weight excluding hydrogens is 328 g/mol. The molecule has 1 amide bonds. The molecule has 2 heterocycles. The van der Waals surface area contributed by atoms with Crippen LogP contribution >= 0.6 is 23.1 Å². The number of benzene rings is 1. The molecule has 2 aromatic rings. The summed E-state index contributed by atoms with van der Waals surface area (Å²) in [5, 5.41) is 8.15. The molecule has 1 saturated heterocycles. The summed E-state index contributed by atoms with van der Waals surface area (Å²) in [6.45, 7) is 1.68. The SMILES string of the molecule is Nc1nnc(SCC(=O)N2CCCC(c3ccccc3)CC2)s1. The van der Waals surface area contributed by atoms with Gasteiger partial charge in [-0.25, -0.2) is 0 Å². The van der Waals surface area contributed by atoms with Crippen molar-refractivity contribution in [3.63, 3.8) is 0 Å². The van der Waals surface area contributed by atoms with Crippen LogP contribution in [0.3, 0.4) is 0 Å². The fourth-order valence-electron chi connectivity index (χ4n) is 2.90. The fraction of sp³-hybridized carbons (Fsp3) is 0.438. The van der Waals surface area contributed by atoms with Gasteiger partial charge in [0.2, 0.25) is 11.0 Å². The van der Waals surface area contributed by atoms with Gasteiger partial charge >= 0.3 is 0 Å². The predicted octanol–water partition coefficient (Wildman–Crippen LogP) is 3.01. The Bertz CT molecular complexity index is 647. The normalized spacial score (nSPS) is 18.6. The van der Waals surface area contributed by atoms with Crippen LogP contribution in [-0.2, 0) is 4.79 Å². The van der Waals surface area contributed by atoms with Gasteiger partial charge in [0.25, 0.3) is 0 Å². The molecule has 2 N–H and O–H groups in total. The Morgan fingerprint density at radius 1 is 1.26 bits per heavy atom. The van der Waals surface area contributed by atoms with Gasteiger partial charge in [-0.2, -0.15) is 0 Å². The number of likely N-dealkylation sites (tertiary alicyclic amines) is 1. The maximum Gasteiger partial charge on any atom is 0.233 e. The quantitative estimate of drug-likeness (QED) is 0.860. The summed E-state index contributed by atoms with van der Waals surface area (Å²) < 4.78 is 0.757. The highest BCUT2D eigenvalue weighted by Crippen LogP contribution is 2.29. The molecule has 1 aromatic heterocycles. The smallest absolute Gasteiger partial charge is 0.233 e. The van der Waals surface area contributed by atoms with E-state index in [1.807, 2.05) is 11.0 Å². The Balaban J connectivity index is 1.52. The van der Waals surface area contributed by atoms with Crippen LogP contribution in [0.1, 0.15) is 30.7 Å². The number of carbonyl (C=O) groups is 1. The Morgan fingerprint density at radius 3 is 2.83 bits per heavy atom. The molecule has 0 aliphatic carbocycles. The highest BCUT2D eigenvalue weighted by atomic mass is 32.2. The third-order valence-electron chi connectivity index (χ3n) is 4.09. The van der Waals surface area contributed by atoms with E-state index < -0.39 is 0 Å². The number of amides is 1. The largest absolute Gasteiger partial charge is 0.374 e. The highest BCUT2D eigenvalue weighted by Gasteiger charge is 2.21. The standard InChI is InChI=1S/C16H20N4OS2/c17-15-18-19-16(23-15)22-11-14(21)20-9-4-7-13(8-10-20)12-5-2-1-3-6-12/h1-3,5-6,13H,4,7-11H2,(H2,17,18). The zero-order valence-electron chi connectivity index (χ0n) is 12.9. The van der Waals surface area contributed by atoms with Crippen LogP contribution in [0.5, 0.6) is 0 Å². The molecule has 7 heteroatoms. The van der Waals surface area contributed by atoms with Crippen molar-refractivity contribution in [2.75, 3.05) is 24.6 Å². The number of nitrogens with zero attached hydrogens (tertiary/aromatic N) is 3. The third kappa shape index (κ3) is 4.45. The van der Waals surface area contributed by atoms with E-state index in [1.54, 1.807) is 0 Å². The van der Waals surface area contributed by atoms with Crippen molar-refractivity contribution >= 4 is 34.1 Å². The summed E-state index contributed by atoms with van der Waals surface area (Å²) in [6.07, 6.45) is 3.24. The Kier molecular flexibility index (Phi) is 5.51. The van der Waals surface area contributed by atoms with Gasteiger partial charge in [-0.1, -0.05) is 53.4 Å². The molecule has 1 aromatic carbocycles. The summed E-state index contributed by atoms with van der Waals surface area (Å²) in [4.78, 5) is 14.4. The molecule has 1 aliphatic rings. The van der Waals surface area contributed by atoms with Gasteiger partial charge in [0.15, 0.2) is 4.34 Å². The number of hydrogen-bond donors (Lipinski definition) is 1. The van der Waals surface area contributed by atoms with Gasteiger partial charge in [-0.05, 0) is 30.7 Å². The monoisotopic (exact) mass is 348 g/mol. The first-order valence-electron chi connectivity index (χ1n) is 7.77. The van der Waals surface area contributed by atoms with Crippen molar-refractivity contribution in [2.45, 2.75) is 29.5 Å². The third-order valence-corrected chi connectivity index (χ3v) is 5.96. The van der Waals surface area contributed by atoms with Crippen LogP contribution < -0.4 is 5.73 Å². The van der Waals surface area contributed by atoms with Crippen molar-refractivity contribution < 1.29 is 4.79 Å². The molecule has 122 valence electrons. The van der Waals surface area contributed by atoms with Crippen molar-refractivity contribution in [2.24, 2.45) is 0 Å². The van der Waals surface area contributed by atoms with Gasteiger partial charge in [0.05, 0.1) is 5.75 Å². The van der Waals surface area contributed by atoms with Gasteiger partial charge in [-0.3, -0.25) is 4.79 Å². The number of rotatable bonds is 4. The second kappa shape index (κ2) is 7.79. The number of thioether (sulfide) groups is 1. The van der Waals surface area contributed by atoms with E-state index in [0.29, 0.717) is 16.8 Å². The van der Waals surface area contributed by atoms with Gasteiger partial charge in [0.1, 0.15) is 0 Å². The zero-order chi connectivity index (χ0) is 16.1. The van der Waals surface area contributed by atoms with Crippen LogP contribution in [0.25, 0.3) is 0 Å². The fourth-order valence-corrected chi connectivity index (χ4v) is 4.44. The number of nitrogens with two attached hydrogens (primary N) is 1. The summed E-state index contributed by atoms with van der Waals surface area (Å²) in [7, 11) is 0. The maximum atomic E-state index is 12.4. The van der Waals surface area contributed by atoms with Gasteiger partial charge in [-0.15, -0.1) is 10.2 Å². The topological polar surface area (TPSA) is 72.1 Å². The van der Waals surface area contributed by atoms with E-state index in [1.165, 1.54) is 28.7 Å². The number of hydrogen-bond acceptors (Lipinski definition) is 6. The van der Waals surface area contributed by atoms with Crippen LogP contribution in [0.15, 0.2) is 34.7 Å². The van der Waals surface area contributed by atoms with E-state index in [-0.39, 0.29) is 5.91 Å². The molecule has 1 unspecified atom stereocenters. The number of nitrogen functional groups attached to an aromatic ring is 1. The maximum absolute atomic E-state index is 12.4. The Labute approximate surface area is 144 Å². The van der Waals surface area contributed by atoms with Crippen LogP contribution in [-0.4, -0.2) is 39.8 Å². The molecule has 5 nitrogen and oxygen atoms in total. The average Bonchev–Trinajstić information content (AvgIpc) is 2.85. The Morgan fingerprint density at radius 2 is 2.09 bits per heavy atom. The van der Waals surface area contributed by atoms with Crippen LogP contribution in [0.2, 0.25) is 0 Å². The summed E-state index contributed by atoms with van der Waals surface area (Å²) in [5.41, 5.74) is 6.94. The van der Waals surface area contributed by atoms with E-state index in [2.05, 4.69) is 34.5 Å². The van der Waals surface area contributed by atoms with Crippen LogP contribution in [0.4, 0.5) is 5.13 Å². The molecule has 1 fully saturated rings. The first-order chi connectivity index (χ1) is 11.2. The molecule has 3 rings (SSSR count). The molecule has 0 radical (unpaired) electrons. The summed E-state index contributed by atoms with van der Waals surface area (Å²) in [5.74, 6) is 1.15. The molecule has 23 heavy (non-hydrogen) atoms. The number of anilines is 1. The van der Waals surface area contributed by atoms with E-state index in [0.717, 1.165) is 36.7 Å². The van der Waals surface area contributed by atoms with Crippen LogP contribution in [0, 0.1) is 0 Å². The number of aromatic nitrogens is 2. The average molecular weight is 348 g/mol. The Hall–Kier alpha value is -1.60. The van der Waals surface area contributed by atoms with E-state index >= 15 is 0 Å². The molecule has 0 spiro atoms. The zero-order valence-corrected chi connectivity index (χ0v) is 14.5. The van der Waals surface area contributed by atoms with Crippen molar-refractivity contribution in [3.05, 3.63) is 35.9 Å². The number of carbonyl (C=O) groups excluding carboxylic acids is 1. The first kappa shape index (κ1) is 16.3. The van der Waals surface area contributed by atoms with Gasteiger partial charge < -0.3 is 10.6 Å². The van der Waals surface area contributed by atoms with Gasteiger partial charge in [0, 0.05) is 13.1 Å². The molecular formula is C16H20N4OS2. The minimum atomic E-state index is 0.178. The summed E-state index contributed by atoms with van der Waals surface area (Å²) in [6, 6.07) is 10.6.